The van der Waals surface area contributed by atoms with Gasteiger partial charge in [-0.1, -0.05) is 127 Å². The highest BCUT2D eigenvalue weighted by Gasteiger charge is 2.34. The molecular formula is C53H30F3N7. The van der Waals surface area contributed by atoms with E-state index in [0.717, 1.165) is 23.3 Å². The minimum atomic E-state index is -4.80. The molecule has 7 nitrogen and oxygen atoms in total. The van der Waals surface area contributed by atoms with E-state index in [2.05, 4.69) is 10.9 Å². The van der Waals surface area contributed by atoms with Gasteiger partial charge >= 0.3 is 6.18 Å². The molecule has 0 fully saturated rings. The zero-order chi connectivity index (χ0) is 43.1. The molecule has 0 radical (unpaired) electrons. The number of nitriles is 1. The van der Waals surface area contributed by atoms with Gasteiger partial charge in [-0.05, 0) is 60.0 Å². The molecule has 298 valence electrons. The lowest BCUT2D eigenvalue weighted by molar-refractivity contribution is -0.137. The fraction of sp³-hybridized carbons (Fsp3) is 0.0189. The number of hydrogen-bond acceptors (Lipinski definition) is 5. The summed E-state index contributed by atoms with van der Waals surface area (Å²) >= 11 is 0. The lowest BCUT2D eigenvalue weighted by Crippen LogP contribution is -2.10. The molecule has 0 spiro atoms. The van der Waals surface area contributed by atoms with Crippen LogP contribution in [0.25, 0.3) is 100 Å². The van der Waals surface area contributed by atoms with Gasteiger partial charge in [0.05, 0.1) is 63.3 Å². The van der Waals surface area contributed by atoms with Crippen LogP contribution in [0.1, 0.15) is 11.1 Å². The zero-order valence-corrected chi connectivity index (χ0v) is 33.1. The number of aromatic nitrogens is 5. The lowest BCUT2D eigenvalue weighted by Gasteiger charge is -2.22. The van der Waals surface area contributed by atoms with Crippen molar-refractivity contribution in [2.75, 3.05) is 0 Å². The van der Waals surface area contributed by atoms with E-state index in [1.165, 1.54) is 0 Å². The Labute approximate surface area is 359 Å². The Morgan fingerprint density at radius 3 is 1.37 bits per heavy atom. The molecule has 63 heavy (non-hydrogen) atoms. The normalized spacial score (nSPS) is 11.4. The van der Waals surface area contributed by atoms with Gasteiger partial charge in [-0.25, -0.2) is 24.8 Å². The standard InChI is InChI=1S/C53H30F3N7/c1-58-39-23-25-49-41(29-39)40-26-33(32-57)22-24-48(40)63(49)50-42(46-30-44(34-14-6-2-7-15-34)59-51(61-46)36-18-10-4-11-19-36)27-38(53(54,55)56)28-43(50)47-31-45(35-16-8-3-9-17-35)60-52(62-47)37-20-12-5-13-21-37/h2-31H. The Kier molecular flexibility index (Phi) is 9.59. The van der Waals surface area contributed by atoms with E-state index in [0.29, 0.717) is 72.9 Å². The van der Waals surface area contributed by atoms with Crippen LogP contribution in [0.3, 0.4) is 0 Å². The van der Waals surface area contributed by atoms with E-state index in [1.54, 1.807) is 48.5 Å². The Morgan fingerprint density at radius 2 is 0.921 bits per heavy atom. The molecule has 10 heteroatoms. The first-order valence-electron chi connectivity index (χ1n) is 19.9. The van der Waals surface area contributed by atoms with Crippen LogP contribution in [0.15, 0.2) is 182 Å². The highest BCUT2D eigenvalue weighted by Crippen LogP contribution is 2.46. The maximum atomic E-state index is 15.6. The summed E-state index contributed by atoms with van der Waals surface area (Å²) in [5.41, 5.74) is 5.97. The first-order valence-corrected chi connectivity index (χ1v) is 19.9. The van der Waals surface area contributed by atoms with Crippen molar-refractivity contribution in [3.63, 3.8) is 0 Å². The molecule has 3 heterocycles. The summed E-state index contributed by atoms with van der Waals surface area (Å²) in [7, 11) is 0. The van der Waals surface area contributed by atoms with Gasteiger partial charge in [-0.3, -0.25) is 0 Å². The summed E-state index contributed by atoms with van der Waals surface area (Å²) in [5, 5.41) is 11.3. The molecule has 0 amide bonds. The van der Waals surface area contributed by atoms with Gasteiger partial charge in [0.15, 0.2) is 17.3 Å². The summed E-state index contributed by atoms with van der Waals surface area (Å²) in [6.45, 7) is 7.85. The van der Waals surface area contributed by atoms with Gasteiger partial charge in [-0.2, -0.15) is 18.4 Å². The molecular weight excluding hydrogens is 792 g/mol. The maximum Gasteiger partial charge on any atom is 0.416 e. The van der Waals surface area contributed by atoms with E-state index < -0.39 is 11.7 Å². The van der Waals surface area contributed by atoms with Gasteiger partial charge in [0.2, 0.25) is 0 Å². The average molecular weight is 822 g/mol. The third kappa shape index (κ3) is 7.22. The average Bonchev–Trinajstić information content (AvgIpc) is 3.66. The highest BCUT2D eigenvalue weighted by molar-refractivity contribution is 6.12. The number of halogens is 3. The second-order valence-electron chi connectivity index (χ2n) is 14.8. The van der Waals surface area contributed by atoms with Crippen molar-refractivity contribution >= 4 is 27.5 Å². The van der Waals surface area contributed by atoms with Crippen molar-refractivity contribution in [1.29, 1.82) is 5.26 Å². The van der Waals surface area contributed by atoms with Gasteiger partial charge < -0.3 is 4.57 Å². The number of rotatable bonds is 7. The molecule has 0 bridgehead atoms. The smallest absolute Gasteiger partial charge is 0.308 e. The van der Waals surface area contributed by atoms with Gasteiger partial charge in [0.25, 0.3) is 0 Å². The summed E-state index contributed by atoms with van der Waals surface area (Å²) in [6, 6.07) is 55.8. The topological polar surface area (TPSA) is 84.6 Å². The molecule has 0 saturated heterocycles. The molecule has 0 atom stereocenters. The molecule has 0 aliphatic rings. The number of nitrogens with zero attached hydrogens (tertiary/aromatic N) is 7. The van der Waals surface area contributed by atoms with E-state index in [4.69, 9.17) is 26.5 Å². The third-order valence-electron chi connectivity index (χ3n) is 10.9. The van der Waals surface area contributed by atoms with Crippen molar-refractivity contribution in [3.8, 4) is 79.6 Å². The van der Waals surface area contributed by atoms with E-state index in [1.807, 2.05) is 126 Å². The minimum absolute atomic E-state index is 0.148. The Morgan fingerprint density at radius 1 is 0.492 bits per heavy atom. The fourth-order valence-corrected chi connectivity index (χ4v) is 7.94. The van der Waals surface area contributed by atoms with Gasteiger partial charge in [-0.15, -0.1) is 0 Å². The Balaban J connectivity index is 1.40. The van der Waals surface area contributed by atoms with E-state index in [-0.39, 0.29) is 22.5 Å². The quantitative estimate of drug-likeness (QED) is 0.150. The largest absolute Gasteiger partial charge is 0.416 e. The van der Waals surface area contributed by atoms with Crippen LogP contribution < -0.4 is 0 Å². The molecule has 0 aliphatic heterocycles. The SMILES string of the molecule is [C-]#[N+]c1ccc2c(c1)c1cc(C#N)ccc1n2-c1c(-c2cc(-c3ccccc3)nc(-c3ccccc3)n2)cc(C(F)(F)F)cc1-c1cc(-c2ccccc2)nc(-c2ccccc2)n1. The van der Waals surface area contributed by atoms with Crippen molar-refractivity contribution in [2.24, 2.45) is 0 Å². The van der Waals surface area contributed by atoms with Gasteiger partial charge in [0.1, 0.15) is 0 Å². The van der Waals surface area contributed by atoms with Crippen LogP contribution in [0, 0.1) is 17.9 Å². The number of fused-ring (bicyclic) bond motifs is 3. The summed E-state index contributed by atoms with van der Waals surface area (Å²) in [6.07, 6.45) is -4.80. The molecule has 7 aromatic carbocycles. The van der Waals surface area contributed by atoms with Crippen molar-refractivity contribution < 1.29 is 13.2 Å². The summed E-state index contributed by atoms with van der Waals surface area (Å²) in [4.78, 5) is 23.7. The third-order valence-corrected chi connectivity index (χ3v) is 10.9. The number of alkyl halides is 3. The molecule has 0 N–H and O–H groups in total. The molecule has 0 unspecified atom stereocenters. The Bertz CT molecular complexity index is 3110. The summed E-state index contributed by atoms with van der Waals surface area (Å²) in [5.74, 6) is 0.637. The van der Waals surface area contributed by atoms with E-state index >= 15 is 13.2 Å². The minimum Gasteiger partial charge on any atom is -0.308 e. The second kappa shape index (κ2) is 15.7. The predicted molar refractivity (Wildman–Crippen MR) is 241 cm³/mol. The first kappa shape index (κ1) is 38.5. The van der Waals surface area contributed by atoms with Crippen molar-refractivity contribution in [1.82, 2.24) is 24.5 Å². The van der Waals surface area contributed by atoms with Crippen LogP contribution in [0.4, 0.5) is 18.9 Å². The van der Waals surface area contributed by atoms with Crippen LogP contribution in [-0.2, 0) is 6.18 Å². The fourth-order valence-electron chi connectivity index (χ4n) is 7.94. The summed E-state index contributed by atoms with van der Waals surface area (Å²) < 4.78 is 48.6. The van der Waals surface area contributed by atoms with Crippen LogP contribution in [0.5, 0.6) is 0 Å². The lowest BCUT2D eigenvalue weighted by atomic mass is 9.95. The monoisotopic (exact) mass is 821 g/mol. The number of hydrogen-bond donors (Lipinski definition) is 0. The second-order valence-corrected chi connectivity index (χ2v) is 14.8. The van der Waals surface area contributed by atoms with Gasteiger partial charge in [0, 0.05) is 38.8 Å². The van der Waals surface area contributed by atoms with Crippen molar-refractivity contribution in [3.05, 3.63) is 205 Å². The molecule has 0 aliphatic carbocycles. The Hall–Kier alpha value is -8.73. The maximum absolute atomic E-state index is 15.6. The van der Waals surface area contributed by atoms with Crippen LogP contribution in [0.2, 0.25) is 0 Å². The predicted octanol–water partition coefficient (Wildman–Crippen LogP) is 13.8. The highest BCUT2D eigenvalue weighted by atomic mass is 19.4. The molecule has 10 rings (SSSR count). The first-order chi connectivity index (χ1) is 30.7. The van der Waals surface area contributed by atoms with Crippen LogP contribution in [-0.4, -0.2) is 24.5 Å². The molecule has 0 saturated carbocycles. The van der Waals surface area contributed by atoms with Crippen LogP contribution >= 0.6 is 0 Å². The molecule has 3 aromatic heterocycles. The van der Waals surface area contributed by atoms with Crippen molar-refractivity contribution in [2.45, 2.75) is 6.18 Å². The number of benzene rings is 7. The zero-order valence-electron chi connectivity index (χ0n) is 33.1. The van der Waals surface area contributed by atoms with E-state index in [9.17, 15) is 5.26 Å². The molecule has 10 aromatic rings.